The predicted molar refractivity (Wildman–Crippen MR) is 106 cm³/mol. The van der Waals surface area contributed by atoms with Crippen molar-refractivity contribution in [3.63, 3.8) is 0 Å². The average molecular weight is 391 g/mol. The molecule has 6 nitrogen and oxygen atoms in total. The van der Waals surface area contributed by atoms with Gasteiger partial charge in [0.15, 0.2) is 5.82 Å². The topological polar surface area (TPSA) is 71.3 Å². The van der Waals surface area contributed by atoms with Gasteiger partial charge in [-0.15, -0.1) is 12.4 Å². The van der Waals surface area contributed by atoms with Crippen LogP contribution in [0.5, 0.6) is 0 Å². The van der Waals surface area contributed by atoms with Crippen LogP contribution in [0.15, 0.2) is 28.8 Å². The van der Waals surface area contributed by atoms with Crippen LogP contribution >= 0.6 is 12.4 Å². The van der Waals surface area contributed by atoms with Crippen molar-refractivity contribution in [2.75, 3.05) is 26.2 Å². The molecule has 1 N–H and O–H groups in total. The number of piperidine rings is 1. The number of hydrogen-bond acceptors (Lipinski definition) is 5. The second-order valence-electron chi connectivity index (χ2n) is 7.88. The first-order chi connectivity index (χ1) is 12.6. The molecule has 4 rings (SSSR count). The summed E-state index contributed by atoms with van der Waals surface area (Å²) >= 11 is 0. The van der Waals surface area contributed by atoms with E-state index >= 15 is 0 Å². The van der Waals surface area contributed by atoms with Gasteiger partial charge in [-0.05, 0) is 43.4 Å². The lowest BCUT2D eigenvalue weighted by atomic mass is 9.77. The number of nitrogens with one attached hydrogen (secondary N) is 1. The van der Waals surface area contributed by atoms with Crippen LogP contribution in [0, 0.1) is 5.41 Å². The molecule has 146 valence electrons. The number of amides is 1. The van der Waals surface area contributed by atoms with E-state index in [0.717, 1.165) is 44.6 Å². The molecule has 1 aromatic heterocycles. The van der Waals surface area contributed by atoms with Crippen LogP contribution in [0.25, 0.3) is 11.5 Å². The number of hydrogen-bond donors (Lipinski definition) is 1. The van der Waals surface area contributed by atoms with E-state index in [1.165, 1.54) is 6.42 Å². The average Bonchev–Trinajstić information content (AvgIpc) is 3.32. The molecule has 0 saturated carbocycles. The molecule has 0 bridgehead atoms. The summed E-state index contributed by atoms with van der Waals surface area (Å²) in [6, 6.07) is 7.54. The quantitative estimate of drug-likeness (QED) is 0.868. The lowest BCUT2D eigenvalue weighted by Crippen LogP contribution is -2.44. The van der Waals surface area contributed by atoms with E-state index < -0.39 is 0 Å². The molecule has 2 saturated heterocycles. The van der Waals surface area contributed by atoms with E-state index in [1.807, 2.05) is 43.0 Å². The van der Waals surface area contributed by atoms with Crippen LogP contribution in [0.1, 0.15) is 55.2 Å². The fourth-order valence-electron chi connectivity index (χ4n) is 4.01. The van der Waals surface area contributed by atoms with Gasteiger partial charge in [-0.25, -0.2) is 0 Å². The normalized spacial score (nSPS) is 18.7. The number of aromatic nitrogens is 2. The first-order valence-corrected chi connectivity index (χ1v) is 9.51. The van der Waals surface area contributed by atoms with Crippen LogP contribution in [-0.2, 0) is 0 Å². The molecule has 3 heterocycles. The molecule has 2 aliphatic rings. The molecule has 0 unspecified atom stereocenters. The largest absolute Gasteiger partial charge is 0.339 e. The predicted octanol–water partition coefficient (Wildman–Crippen LogP) is 3.50. The van der Waals surface area contributed by atoms with Crippen LogP contribution in [0.3, 0.4) is 0 Å². The standard InChI is InChI=1S/C20H26N4O2.ClH/c1-14(2)17-22-18(26-23-17)15-5-3-4-6-16(15)19(25)24-11-8-20(9-12-24)7-10-21-13-20;/h3-6,14,21H,7-13H2,1-2H3;1H. The number of benzene rings is 1. The molecule has 1 spiro atoms. The maximum atomic E-state index is 13.2. The van der Waals surface area contributed by atoms with Crippen molar-refractivity contribution in [1.82, 2.24) is 20.4 Å². The van der Waals surface area contributed by atoms with Gasteiger partial charge in [0, 0.05) is 25.6 Å². The van der Waals surface area contributed by atoms with Gasteiger partial charge >= 0.3 is 0 Å². The fourth-order valence-corrected chi connectivity index (χ4v) is 4.01. The van der Waals surface area contributed by atoms with Crippen molar-refractivity contribution >= 4 is 18.3 Å². The molecule has 2 aliphatic heterocycles. The third-order valence-corrected chi connectivity index (χ3v) is 5.79. The highest BCUT2D eigenvalue weighted by molar-refractivity contribution is 6.00. The van der Waals surface area contributed by atoms with Gasteiger partial charge in [0.1, 0.15) is 0 Å². The molecular formula is C20H27ClN4O2. The van der Waals surface area contributed by atoms with E-state index in [4.69, 9.17) is 4.52 Å². The molecule has 1 amide bonds. The summed E-state index contributed by atoms with van der Waals surface area (Å²) in [5.74, 6) is 1.33. The summed E-state index contributed by atoms with van der Waals surface area (Å²) < 4.78 is 5.43. The number of nitrogens with zero attached hydrogens (tertiary/aromatic N) is 3. The molecule has 2 aromatic rings. The molecular weight excluding hydrogens is 364 g/mol. The van der Waals surface area contributed by atoms with Crippen molar-refractivity contribution in [3.05, 3.63) is 35.7 Å². The molecule has 0 aliphatic carbocycles. The highest BCUT2D eigenvalue weighted by atomic mass is 35.5. The Morgan fingerprint density at radius 1 is 1.22 bits per heavy atom. The summed E-state index contributed by atoms with van der Waals surface area (Å²) in [6.45, 7) is 7.86. The Kier molecular flexibility index (Phi) is 5.86. The Hall–Kier alpha value is -1.92. The van der Waals surface area contributed by atoms with E-state index in [-0.39, 0.29) is 24.2 Å². The number of halogens is 1. The summed E-state index contributed by atoms with van der Waals surface area (Å²) in [7, 11) is 0. The van der Waals surface area contributed by atoms with Crippen molar-refractivity contribution < 1.29 is 9.32 Å². The molecule has 2 fully saturated rings. The van der Waals surface area contributed by atoms with Crippen molar-refractivity contribution in [2.45, 2.75) is 39.0 Å². The Morgan fingerprint density at radius 3 is 2.59 bits per heavy atom. The maximum absolute atomic E-state index is 13.2. The fraction of sp³-hybridized carbons (Fsp3) is 0.550. The van der Waals surface area contributed by atoms with Crippen LogP contribution in [0.2, 0.25) is 0 Å². The van der Waals surface area contributed by atoms with Gasteiger partial charge in [0.05, 0.1) is 11.1 Å². The Morgan fingerprint density at radius 2 is 1.96 bits per heavy atom. The van der Waals surface area contributed by atoms with E-state index in [9.17, 15) is 4.79 Å². The minimum atomic E-state index is 0. The summed E-state index contributed by atoms with van der Waals surface area (Å²) in [6.07, 6.45) is 3.38. The first-order valence-electron chi connectivity index (χ1n) is 9.51. The number of carbonyl (C=O) groups is 1. The SMILES string of the molecule is CC(C)c1noc(-c2ccccc2C(=O)N2CCC3(CCNC3)CC2)n1.Cl. The highest BCUT2D eigenvalue weighted by Crippen LogP contribution is 2.37. The minimum absolute atomic E-state index is 0. The number of rotatable bonds is 3. The minimum Gasteiger partial charge on any atom is -0.339 e. The van der Waals surface area contributed by atoms with Gasteiger partial charge in [0.25, 0.3) is 11.8 Å². The van der Waals surface area contributed by atoms with E-state index in [0.29, 0.717) is 22.7 Å². The van der Waals surface area contributed by atoms with Crippen molar-refractivity contribution in [1.29, 1.82) is 0 Å². The second kappa shape index (κ2) is 7.98. The second-order valence-corrected chi connectivity index (χ2v) is 7.88. The van der Waals surface area contributed by atoms with E-state index in [1.54, 1.807) is 0 Å². The van der Waals surface area contributed by atoms with Crippen LogP contribution in [0.4, 0.5) is 0 Å². The first kappa shape index (κ1) is 19.8. The van der Waals surface area contributed by atoms with Crippen molar-refractivity contribution in [3.8, 4) is 11.5 Å². The zero-order valence-electron chi connectivity index (χ0n) is 15.9. The van der Waals surface area contributed by atoms with Crippen molar-refractivity contribution in [2.24, 2.45) is 5.41 Å². The zero-order valence-corrected chi connectivity index (χ0v) is 16.7. The van der Waals surface area contributed by atoms with Crippen LogP contribution in [-0.4, -0.2) is 47.1 Å². The number of likely N-dealkylation sites (tertiary alicyclic amines) is 1. The van der Waals surface area contributed by atoms with E-state index in [2.05, 4.69) is 15.5 Å². The molecule has 0 atom stereocenters. The third kappa shape index (κ3) is 3.87. The van der Waals surface area contributed by atoms with Crippen LogP contribution < -0.4 is 5.32 Å². The van der Waals surface area contributed by atoms with Gasteiger partial charge in [-0.1, -0.05) is 31.1 Å². The summed E-state index contributed by atoms with van der Waals surface area (Å²) in [4.78, 5) is 19.6. The monoisotopic (exact) mass is 390 g/mol. The summed E-state index contributed by atoms with van der Waals surface area (Å²) in [5, 5.41) is 7.50. The smallest absolute Gasteiger partial charge is 0.258 e. The maximum Gasteiger partial charge on any atom is 0.258 e. The highest BCUT2D eigenvalue weighted by Gasteiger charge is 2.38. The summed E-state index contributed by atoms with van der Waals surface area (Å²) in [5.41, 5.74) is 1.77. The molecule has 0 radical (unpaired) electrons. The van der Waals surface area contributed by atoms with Gasteiger partial charge in [-0.3, -0.25) is 4.79 Å². The Labute approximate surface area is 166 Å². The molecule has 7 heteroatoms. The zero-order chi connectivity index (χ0) is 18.1. The Balaban J connectivity index is 0.00000210. The third-order valence-electron chi connectivity index (χ3n) is 5.79. The molecule has 1 aromatic carbocycles. The lowest BCUT2D eigenvalue weighted by Gasteiger charge is -2.39. The Bertz CT molecular complexity index is 789. The van der Waals surface area contributed by atoms with Gasteiger partial charge < -0.3 is 14.7 Å². The lowest BCUT2D eigenvalue weighted by molar-refractivity contribution is 0.0608. The van der Waals surface area contributed by atoms with Gasteiger partial charge in [0.2, 0.25) is 0 Å². The van der Waals surface area contributed by atoms with Gasteiger partial charge in [-0.2, -0.15) is 4.98 Å². The molecule has 27 heavy (non-hydrogen) atoms. The number of carbonyl (C=O) groups excluding carboxylic acids is 1.